The van der Waals surface area contributed by atoms with Gasteiger partial charge < -0.3 is 39.7 Å². The molecule has 1 aliphatic heterocycles. The Balaban J connectivity index is 1.51. The highest BCUT2D eigenvalue weighted by atomic mass is 16.7. The molecule has 1 heterocycles. The van der Waals surface area contributed by atoms with E-state index in [1.165, 1.54) is 12.2 Å². The molecule has 5 atom stereocenters. The fraction of sp³-hybridized carbons (Fsp3) is 0.333. The lowest BCUT2D eigenvalue weighted by Gasteiger charge is -2.39. The Bertz CT molecular complexity index is 1040. The number of hydrogen-bond donors (Lipinski definition) is 5. The molecule has 1 saturated heterocycles. The summed E-state index contributed by atoms with van der Waals surface area (Å²) in [6.45, 7) is -0.605. The number of hydrogen-bond acceptors (Lipinski definition) is 12. The SMILES string of the molecule is O=C1C=CC(O)(/C=C/C(=O)OC[C@H]2O[C@@H](O)[C@H](OC(=O)/C=C/C3(O)C=CC(=O)C=C3)[C@@H](O)[C@@H]2O)C=C1. The smallest absolute Gasteiger partial charge is 0.331 e. The van der Waals surface area contributed by atoms with Gasteiger partial charge in [0, 0.05) is 12.2 Å². The number of rotatable bonds is 7. The zero-order valence-corrected chi connectivity index (χ0v) is 18.6. The van der Waals surface area contributed by atoms with Crippen LogP contribution in [-0.2, 0) is 33.4 Å². The number of ether oxygens (including phenoxy) is 3. The van der Waals surface area contributed by atoms with Crippen LogP contribution >= 0.6 is 0 Å². The lowest BCUT2D eigenvalue weighted by atomic mass is 9.97. The molecule has 1 fully saturated rings. The molecule has 36 heavy (non-hydrogen) atoms. The maximum atomic E-state index is 12.1. The van der Waals surface area contributed by atoms with Crippen molar-refractivity contribution in [1.82, 2.24) is 0 Å². The fourth-order valence-electron chi connectivity index (χ4n) is 3.28. The summed E-state index contributed by atoms with van der Waals surface area (Å²) in [6.07, 6.45) is 4.27. The number of esters is 2. The number of carbonyl (C=O) groups excluding carboxylic acids is 4. The molecule has 0 aromatic heterocycles. The number of allylic oxidation sites excluding steroid dienone is 4. The number of carbonyl (C=O) groups is 4. The van der Waals surface area contributed by atoms with E-state index in [1.807, 2.05) is 0 Å². The van der Waals surface area contributed by atoms with Crippen LogP contribution in [0.3, 0.4) is 0 Å². The van der Waals surface area contributed by atoms with Gasteiger partial charge in [0.05, 0.1) is 0 Å². The molecule has 0 radical (unpaired) electrons. The zero-order chi connectivity index (χ0) is 26.5. The lowest BCUT2D eigenvalue weighted by Crippen LogP contribution is -2.60. The van der Waals surface area contributed by atoms with Crippen LogP contribution in [0.5, 0.6) is 0 Å². The van der Waals surface area contributed by atoms with Crippen LogP contribution in [0.2, 0.25) is 0 Å². The standard InChI is InChI=1S/C24H24O12/c25-14-1-7-23(32,8-2-14)11-5-17(27)34-13-16-19(29)20(30)21(22(31)35-16)36-18(28)6-12-24(33)9-3-15(26)4-10-24/h1-12,16,19-22,29-33H,13H2/b11-5+,12-6+/t16-,19-,20+,21-,22-/m1/s1. The van der Waals surface area contributed by atoms with Gasteiger partial charge in [0.15, 0.2) is 24.0 Å². The van der Waals surface area contributed by atoms with Crippen LogP contribution in [0, 0.1) is 0 Å². The molecular weight excluding hydrogens is 480 g/mol. The number of ketones is 2. The van der Waals surface area contributed by atoms with Gasteiger partial charge in [0.2, 0.25) is 0 Å². The van der Waals surface area contributed by atoms with Crippen molar-refractivity contribution in [2.75, 3.05) is 6.61 Å². The highest BCUT2D eigenvalue weighted by molar-refractivity contribution is 6.01. The van der Waals surface area contributed by atoms with Crippen LogP contribution in [0.15, 0.2) is 72.9 Å². The van der Waals surface area contributed by atoms with Crippen molar-refractivity contribution < 1.29 is 58.9 Å². The maximum Gasteiger partial charge on any atom is 0.331 e. The Morgan fingerprint density at radius 2 is 1.31 bits per heavy atom. The van der Waals surface area contributed by atoms with Crippen molar-refractivity contribution in [3.63, 3.8) is 0 Å². The highest BCUT2D eigenvalue weighted by Gasteiger charge is 2.46. The van der Waals surface area contributed by atoms with Gasteiger partial charge in [0.25, 0.3) is 0 Å². The molecule has 5 N–H and O–H groups in total. The van der Waals surface area contributed by atoms with Crippen molar-refractivity contribution >= 4 is 23.5 Å². The Kier molecular flexibility index (Phi) is 8.30. The molecule has 0 bridgehead atoms. The number of aliphatic hydroxyl groups excluding tert-OH is 3. The first-order valence-electron chi connectivity index (χ1n) is 10.6. The second kappa shape index (κ2) is 11.0. The van der Waals surface area contributed by atoms with E-state index in [0.717, 1.165) is 60.8 Å². The minimum absolute atomic E-state index is 0.329. The Morgan fingerprint density at radius 1 is 0.833 bits per heavy atom. The molecule has 0 saturated carbocycles. The van der Waals surface area contributed by atoms with Crippen LogP contribution in [0.1, 0.15) is 0 Å². The van der Waals surface area contributed by atoms with E-state index in [2.05, 4.69) is 0 Å². The lowest BCUT2D eigenvalue weighted by molar-refractivity contribution is -0.290. The van der Waals surface area contributed by atoms with E-state index < -0.39 is 60.5 Å². The van der Waals surface area contributed by atoms with Gasteiger partial charge >= 0.3 is 11.9 Å². The van der Waals surface area contributed by atoms with Crippen molar-refractivity contribution in [3.05, 3.63) is 72.9 Å². The van der Waals surface area contributed by atoms with E-state index in [1.54, 1.807) is 0 Å². The Hall–Kier alpha value is -3.52. The summed E-state index contributed by atoms with van der Waals surface area (Å²) < 4.78 is 14.9. The predicted octanol–water partition coefficient (Wildman–Crippen LogP) is -2.15. The van der Waals surface area contributed by atoms with Crippen molar-refractivity contribution in [2.24, 2.45) is 0 Å². The average Bonchev–Trinajstić information content (AvgIpc) is 2.85. The van der Waals surface area contributed by atoms with E-state index in [-0.39, 0.29) is 11.6 Å². The summed E-state index contributed by atoms with van der Waals surface area (Å²) in [4.78, 5) is 46.3. The molecule has 0 amide bonds. The first-order valence-corrected chi connectivity index (χ1v) is 10.6. The first-order chi connectivity index (χ1) is 16.9. The summed E-state index contributed by atoms with van der Waals surface area (Å²) in [5.41, 5.74) is -3.38. The van der Waals surface area contributed by atoms with Crippen LogP contribution < -0.4 is 0 Å². The van der Waals surface area contributed by atoms with E-state index in [0.29, 0.717) is 0 Å². The molecule has 12 nitrogen and oxygen atoms in total. The van der Waals surface area contributed by atoms with Gasteiger partial charge in [0.1, 0.15) is 36.1 Å². The molecule has 12 heteroatoms. The predicted molar refractivity (Wildman–Crippen MR) is 118 cm³/mol. The monoisotopic (exact) mass is 504 g/mol. The summed E-state index contributed by atoms with van der Waals surface area (Å²) >= 11 is 0. The molecule has 3 rings (SSSR count). The maximum absolute atomic E-state index is 12.1. The Morgan fingerprint density at radius 3 is 1.81 bits per heavy atom. The van der Waals surface area contributed by atoms with Crippen LogP contribution in [0.4, 0.5) is 0 Å². The molecule has 192 valence electrons. The average molecular weight is 504 g/mol. The van der Waals surface area contributed by atoms with Crippen LogP contribution in [-0.4, -0.2) is 97.6 Å². The second-order valence-corrected chi connectivity index (χ2v) is 8.16. The van der Waals surface area contributed by atoms with E-state index >= 15 is 0 Å². The topological polar surface area (TPSA) is 197 Å². The third-order valence-corrected chi connectivity index (χ3v) is 5.34. The minimum Gasteiger partial charge on any atom is -0.460 e. The van der Waals surface area contributed by atoms with E-state index in [4.69, 9.17) is 14.2 Å². The minimum atomic E-state index is -1.90. The summed E-state index contributed by atoms with van der Waals surface area (Å²) in [7, 11) is 0. The quantitative estimate of drug-likeness (QED) is 0.186. The molecule has 0 spiro atoms. The second-order valence-electron chi connectivity index (χ2n) is 8.16. The molecular formula is C24H24O12. The zero-order valence-electron chi connectivity index (χ0n) is 18.6. The van der Waals surface area contributed by atoms with Crippen molar-refractivity contribution in [1.29, 1.82) is 0 Å². The van der Waals surface area contributed by atoms with Crippen molar-refractivity contribution in [3.8, 4) is 0 Å². The molecule has 2 aliphatic carbocycles. The molecule has 3 aliphatic rings. The van der Waals surface area contributed by atoms with Gasteiger partial charge in [-0.05, 0) is 60.8 Å². The molecule has 0 aromatic carbocycles. The summed E-state index contributed by atoms with van der Waals surface area (Å²) in [5.74, 6) is -2.72. The van der Waals surface area contributed by atoms with Crippen molar-refractivity contribution in [2.45, 2.75) is 41.9 Å². The Labute approximate surface area is 204 Å². The highest BCUT2D eigenvalue weighted by Crippen LogP contribution is 2.24. The molecule has 0 unspecified atom stereocenters. The number of aliphatic hydroxyl groups is 5. The van der Waals surface area contributed by atoms with E-state index in [9.17, 15) is 44.7 Å². The molecule has 0 aromatic rings. The summed E-state index contributed by atoms with van der Waals surface area (Å²) in [5, 5.41) is 51.1. The normalized spacial score (nSPS) is 30.8. The van der Waals surface area contributed by atoms with Gasteiger partial charge in [-0.1, -0.05) is 0 Å². The summed E-state index contributed by atoms with van der Waals surface area (Å²) in [6, 6.07) is 0. The van der Waals surface area contributed by atoms with Crippen LogP contribution in [0.25, 0.3) is 0 Å². The largest absolute Gasteiger partial charge is 0.460 e. The first kappa shape index (κ1) is 27.1. The van der Waals surface area contributed by atoms with Gasteiger partial charge in [-0.15, -0.1) is 0 Å². The van der Waals surface area contributed by atoms with Gasteiger partial charge in [-0.25, -0.2) is 9.59 Å². The third kappa shape index (κ3) is 7.01. The van der Waals surface area contributed by atoms with Gasteiger partial charge in [-0.2, -0.15) is 0 Å². The van der Waals surface area contributed by atoms with Gasteiger partial charge in [-0.3, -0.25) is 9.59 Å². The third-order valence-electron chi connectivity index (χ3n) is 5.34. The fourth-order valence-corrected chi connectivity index (χ4v) is 3.28.